The van der Waals surface area contributed by atoms with Crippen LogP contribution in [0.4, 0.5) is 4.39 Å². The fourth-order valence-corrected chi connectivity index (χ4v) is 4.48. The maximum Gasteiger partial charge on any atom is 0.257 e. The van der Waals surface area contributed by atoms with Crippen molar-refractivity contribution in [2.75, 3.05) is 13.1 Å². The summed E-state index contributed by atoms with van der Waals surface area (Å²) in [4.78, 5) is 14.9. The summed E-state index contributed by atoms with van der Waals surface area (Å²) in [5.41, 5.74) is 1.08. The molecule has 1 saturated carbocycles. The summed E-state index contributed by atoms with van der Waals surface area (Å²) in [6.45, 7) is 0.697. The zero-order chi connectivity index (χ0) is 19.0. The zero-order valence-corrected chi connectivity index (χ0v) is 15.7. The molecular weight excluding hydrogens is 345 g/mol. The van der Waals surface area contributed by atoms with Crippen molar-refractivity contribution in [3.8, 4) is 0 Å². The average Bonchev–Trinajstić information content (AvgIpc) is 3.26. The summed E-state index contributed by atoms with van der Waals surface area (Å²) in [6.07, 6.45) is 8.04. The van der Waals surface area contributed by atoms with Crippen LogP contribution in [0.25, 0.3) is 0 Å². The van der Waals surface area contributed by atoms with Crippen LogP contribution in [0.1, 0.15) is 66.1 Å². The number of aromatic nitrogens is 2. The monoisotopic (exact) mass is 371 g/mol. The van der Waals surface area contributed by atoms with E-state index in [1.165, 1.54) is 31.4 Å². The molecule has 1 aliphatic carbocycles. The fourth-order valence-electron chi connectivity index (χ4n) is 4.48. The summed E-state index contributed by atoms with van der Waals surface area (Å²) in [5, 5.41) is 15.6. The highest BCUT2D eigenvalue weighted by molar-refractivity contribution is 5.95. The van der Waals surface area contributed by atoms with E-state index in [0.29, 0.717) is 30.0 Å². The molecule has 4 rings (SSSR count). The van der Waals surface area contributed by atoms with Crippen LogP contribution >= 0.6 is 0 Å². The van der Waals surface area contributed by atoms with E-state index in [-0.39, 0.29) is 18.3 Å². The van der Waals surface area contributed by atoms with Crippen LogP contribution in [0, 0.1) is 5.82 Å². The van der Waals surface area contributed by atoms with Crippen LogP contribution in [0.5, 0.6) is 0 Å². The third-order valence-corrected chi connectivity index (χ3v) is 6.00. The first-order valence-electron chi connectivity index (χ1n) is 9.77. The van der Waals surface area contributed by atoms with E-state index in [9.17, 15) is 14.3 Å². The molecule has 2 aliphatic rings. The lowest BCUT2D eigenvalue weighted by Crippen LogP contribution is -2.34. The number of hydrogen-bond donors (Lipinski definition) is 1. The molecule has 1 N–H and O–H groups in total. The number of aryl methyl sites for hydroxylation is 1. The van der Waals surface area contributed by atoms with Crippen molar-refractivity contribution < 1.29 is 14.3 Å². The molecule has 0 spiro atoms. The molecule has 1 amide bonds. The van der Waals surface area contributed by atoms with Gasteiger partial charge in [-0.15, -0.1) is 0 Å². The lowest BCUT2D eigenvalue weighted by molar-refractivity contribution is 0.0416. The number of nitrogens with zero attached hydrogens (tertiary/aromatic N) is 3. The minimum Gasteiger partial charge on any atom is -0.383 e. The number of β-amino-alcohol motifs (C(OH)–C–C–N with tert-alkyl or cyclic N) is 1. The number of carbonyl (C=O) groups excluding carboxylic acids is 1. The van der Waals surface area contributed by atoms with Crippen LogP contribution in [-0.4, -0.2) is 38.8 Å². The van der Waals surface area contributed by atoms with Crippen LogP contribution in [0.3, 0.4) is 0 Å². The second-order valence-corrected chi connectivity index (χ2v) is 7.95. The number of likely N-dealkylation sites (tertiary alicyclic amines) is 1. The molecule has 1 unspecified atom stereocenters. The van der Waals surface area contributed by atoms with E-state index in [0.717, 1.165) is 18.5 Å². The van der Waals surface area contributed by atoms with Crippen molar-refractivity contribution in [2.24, 2.45) is 7.05 Å². The van der Waals surface area contributed by atoms with E-state index in [4.69, 9.17) is 0 Å². The van der Waals surface area contributed by atoms with Gasteiger partial charge in [0.05, 0.1) is 17.8 Å². The molecule has 1 aliphatic heterocycles. The predicted molar refractivity (Wildman–Crippen MR) is 99.9 cm³/mol. The van der Waals surface area contributed by atoms with Gasteiger partial charge in [-0.2, -0.15) is 5.10 Å². The molecule has 144 valence electrons. The van der Waals surface area contributed by atoms with Gasteiger partial charge in [0.1, 0.15) is 11.4 Å². The molecule has 2 heterocycles. The van der Waals surface area contributed by atoms with Gasteiger partial charge < -0.3 is 10.0 Å². The Labute approximate surface area is 158 Å². The molecule has 27 heavy (non-hydrogen) atoms. The van der Waals surface area contributed by atoms with Gasteiger partial charge in [0.15, 0.2) is 0 Å². The fraction of sp³-hybridized carbons (Fsp3) is 0.524. The Balaban J connectivity index is 1.55. The Morgan fingerprint density at radius 1 is 1.22 bits per heavy atom. The Morgan fingerprint density at radius 2 is 1.93 bits per heavy atom. The summed E-state index contributed by atoms with van der Waals surface area (Å²) < 4.78 is 14.9. The molecule has 1 atom stereocenters. The molecule has 0 bridgehead atoms. The molecule has 6 heteroatoms. The number of hydrogen-bond acceptors (Lipinski definition) is 3. The van der Waals surface area contributed by atoms with Crippen LogP contribution in [0.2, 0.25) is 0 Å². The molecular formula is C21H26FN3O2. The van der Waals surface area contributed by atoms with E-state index >= 15 is 0 Å². The summed E-state index contributed by atoms with van der Waals surface area (Å²) in [5.74, 6) is -0.0556. The molecule has 1 saturated heterocycles. The summed E-state index contributed by atoms with van der Waals surface area (Å²) >= 11 is 0. The van der Waals surface area contributed by atoms with Gasteiger partial charge in [-0.05, 0) is 37.0 Å². The Morgan fingerprint density at radius 3 is 2.63 bits per heavy atom. The highest BCUT2D eigenvalue weighted by Crippen LogP contribution is 2.36. The SMILES string of the molecule is Cn1cc(C(=O)N2CCC(O)(c3ccc(F)cc3)C2)c(C2CCCCC2)n1. The van der Waals surface area contributed by atoms with Crippen molar-refractivity contribution in [1.82, 2.24) is 14.7 Å². The molecule has 5 nitrogen and oxygen atoms in total. The Kier molecular flexibility index (Phi) is 4.76. The van der Waals surface area contributed by atoms with E-state index in [1.807, 2.05) is 13.2 Å². The molecule has 1 aromatic heterocycles. The quantitative estimate of drug-likeness (QED) is 0.900. The Bertz CT molecular complexity index is 826. The number of halogens is 1. The largest absolute Gasteiger partial charge is 0.383 e. The Hall–Kier alpha value is -2.21. The minimum absolute atomic E-state index is 0.0679. The van der Waals surface area contributed by atoms with Gasteiger partial charge in [0.2, 0.25) is 0 Å². The standard InChI is InChI=1S/C21H26FN3O2/c1-24-13-18(19(23-24)15-5-3-2-4-6-15)20(26)25-12-11-21(27,14-25)16-7-9-17(22)10-8-16/h7-10,13,15,27H,2-6,11-12,14H2,1H3. The smallest absolute Gasteiger partial charge is 0.257 e. The molecule has 2 aromatic rings. The van der Waals surface area contributed by atoms with Gasteiger partial charge in [-0.25, -0.2) is 4.39 Å². The molecule has 0 radical (unpaired) electrons. The summed E-state index contributed by atoms with van der Waals surface area (Å²) in [6, 6.07) is 5.89. The van der Waals surface area contributed by atoms with Crippen molar-refractivity contribution in [3.63, 3.8) is 0 Å². The van der Waals surface area contributed by atoms with Gasteiger partial charge >= 0.3 is 0 Å². The number of benzene rings is 1. The van der Waals surface area contributed by atoms with E-state index in [1.54, 1.807) is 21.7 Å². The van der Waals surface area contributed by atoms with Crippen molar-refractivity contribution >= 4 is 5.91 Å². The first-order chi connectivity index (χ1) is 13.0. The predicted octanol–water partition coefficient (Wildman–Crippen LogP) is 3.34. The number of carbonyl (C=O) groups is 1. The van der Waals surface area contributed by atoms with Crippen LogP contribution < -0.4 is 0 Å². The third-order valence-electron chi connectivity index (χ3n) is 6.00. The van der Waals surface area contributed by atoms with Gasteiger partial charge in [-0.3, -0.25) is 9.48 Å². The van der Waals surface area contributed by atoms with Crippen LogP contribution in [-0.2, 0) is 12.6 Å². The van der Waals surface area contributed by atoms with E-state index in [2.05, 4.69) is 5.10 Å². The zero-order valence-electron chi connectivity index (χ0n) is 15.7. The molecule has 1 aromatic carbocycles. The first-order valence-corrected chi connectivity index (χ1v) is 9.77. The average molecular weight is 371 g/mol. The maximum absolute atomic E-state index is 13.2. The maximum atomic E-state index is 13.2. The number of amides is 1. The second kappa shape index (κ2) is 7.08. The first kappa shape index (κ1) is 18.2. The lowest BCUT2D eigenvalue weighted by Gasteiger charge is -2.25. The van der Waals surface area contributed by atoms with Crippen molar-refractivity contribution in [2.45, 2.75) is 50.0 Å². The number of aliphatic hydroxyl groups is 1. The minimum atomic E-state index is -1.13. The van der Waals surface area contributed by atoms with Gasteiger partial charge in [-0.1, -0.05) is 31.4 Å². The second-order valence-electron chi connectivity index (χ2n) is 7.95. The van der Waals surface area contributed by atoms with E-state index < -0.39 is 5.60 Å². The third kappa shape index (κ3) is 3.50. The topological polar surface area (TPSA) is 58.4 Å². The summed E-state index contributed by atoms with van der Waals surface area (Å²) in [7, 11) is 1.85. The van der Waals surface area contributed by atoms with Gasteiger partial charge in [0.25, 0.3) is 5.91 Å². The number of rotatable bonds is 3. The van der Waals surface area contributed by atoms with Crippen molar-refractivity contribution in [1.29, 1.82) is 0 Å². The van der Waals surface area contributed by atoms with Crippen LogP contribution in [0.15, 0.2) is 30.5 Å². The van der Waals surface area contributed by atoms with Crippen molar-refractivity contribution in [3.05, 3.63) is 53.1 Å². The normalized spacial score (nSPS) is 23.7. The lowest BCUT2D eigenvalue weighted by atomic mass is 9.85. The molecule has 2 fully saturated rings. The highest BCUT2D eigenvalue weighted by Gasteiger charge is 2.41. The van der Waals surface area contributed by atoms with Gasteiger partial charge in [0, 0.05) is 25.7 Å². The highest BCUT2D eigenvalue weighted by atomic mass is 19.1.